The van der Waals surface area contributed by atoms with Gasteiger partial charge in [-0.25, -0.2) is 18.4 Å². The summed E-state index contributed by atoms with van der Waals surface area (Å²) < 4.78 is 94.8. The van der Waals surface area contributed by atoms with Gasteiger partial charge in [0.25, 0.3) is 10.1 Å². The van der Waals surface area contributed by atoms with Crippen LogP contribution in [-0.4, -0.2) is 55.6 Å². The lowest BCUT2D eigenvalue weighted by atomic mass is 10.1. The number of halogens is 3. The fraction of sp³-hybridized carbons (Fsp3) is 0.185. The van der Waals surface area contributed by atoms with Crippen LogP contribution >= 0.6 is 0 Å². The number of sulfonamides is 1. The van der Waals surface area contributed by atoms with Crippen molar-refractivity contribution in [2.75, 3.05) is 33.6 Å². The molecule has 238 valence electrons. The zero-order valence-electron chi connectivity index (χ0n) is 23.6. The lowest BCUT2D eigenvalue weighted by Crippen LogP contribution is -2.27. The number of fused-ring (bicyclic) bond motifs is 1. The maximum Gasteiger partial charge on any atom is 0.421 e. The van der Waals surface area contributed by atoms with E-state index in [1.54, 1.807) is 48.5 Å². The Morgan fingerprint density at radius 3 is 2.36 bits per heavy atom. The fourth-order valence-electron chi connectivity index (χ4n) is 4.00. The molecular weight excluding hydrogens is 639 g/mol. The van der Waals surface area contributed by atoms with Crippen LogP contribution in [0.4, 0.5) is 42.1 Å². The second kappa shape index (κ2) is 13.0. The smallest absolute Gasteiger partial charge is 0.365 e. The largest absolute Gasteiger partial charge is 0.421 e. The van der Waals surface area contributed by atoms with E-state index >= 15 is 0 Å². The van der Waals surface area contributed by atoms with Crippen molar-refractivity contribution in [3.8, 4) is 0 Å². The molecule has 18 heteroatoms. The van der Waals surface area contributed by atoms with Gasteiger partial charge in [0.2, 0.25) is 21.9 Å². The lowest BCUT2D eigenvalue weighted by molar-refractivity contribution is -0.137. The van der Waals surface area contributed by atoms with Crippen LogP contribution < -0.4 is 20.3 Å². The summed E-state index contributed by atoms with van der Waals surface area (Å²) in [6.07, 6.45) is -1.51. The van der Waals surface area contributed by atoms with Gasteiger partial charge in [0.1, 0.15) is 17.2 Å². The summed E-state index contributed by atoms with van der Waals surface area (Å²) in [6.45, 7) is -0.185. The molecule has 0 aliphatic carbocycles. The van der Waals surface area contributed by atoms with E-state index in [1.807, 2.05) is 0 Å². The third-order valence-electron chi connectivity index (χ3n) is 6.23. The molecule has 3 heterocycles. The minimum atomic E-state index is -4.73. The summed E-state index contributed by atoms with van der Waals surface area (Å²) in [4.78, 5) is 23.3. The van der Waals surface area contributed by atoms with E-state index in [0.717, 1.165) is 16.1 Å². The Labute approximate surface area is 256 Å². The predicted octanol–water partition coefficient (Wildman–Crippen LogP) is 4.07. The molecule has 0 radical (unpaired) electrons. The number of rotatable bonds is 8. The van der Waals surface area contributed by atoms with E-state index < -0.39 is 37.7 Å². The van der Waals surface area contributed by atoms with Gasteiger partial charge >= 0.3 is 6.18 Å². The van der Waals surface area contributed by atoms with E-state index in [0.29, 0.717) is 23.1 Å². The molecule has 4 aromatic rings. The number of pyridine rings is 1. The molecular formula is C27H26F3N7O6S2. The summed E-state index contributed by atoms with van der Waals surface area (Å²) in [5.41, 5.74) is 1.16. The summed E-state index contributed by atoms with van der Waals surface area (Å²) in [6, 6.07) is 15.5. The molecule has 5 rings (SSSR count). The molecule has 2 aromatic heterocycles. The minimum absolute atomic E-state index is 0.0739. The first kappa shape index (κ1) is 33.1. The molecule has 1 aliphatic rings. The van der Waals surface area contributed by atoms with Crippen molar-refractivity contribution in [2.45, 2.75) is 24.0 Å². The van der Waals surface area contributed by atoms with Crippen molar-refractivity contribution in [3.05, 3.63) is 89.7 Å². The van der Waals surface area contributed by atoms with Crippen LogP contribution in [-0.2, 0) is 44.1 Å². The number of benzene rings is 2. The summed E-state index contributed by atoms with van der Waals surface area (Å²) in [5.74, 6) is -0.669. The van der Waals surface area contributed by atoms with Crippen LogP contribution in [0.5, 0.6) is 0 Å². The summed E-state index contributed by atoms with van der Waals surface area (Å²) in [7, 11) is -6.34. The van der Waals surface area contributed by atoms with E-state index in [-0.39, 0.29) is 35.5 Å². The van der Waals surface area contributed by atoms with Crippen molar-refractivity contribution in [1.29, 1.82) is 0 Å². The van der Waals surface area contributed by atoms with Gasteiger partial charge in [-0.3, -0.25) is 13.7 Å². The van der Waals surface area contributed by atoms with Crippen LogP contribution in [0.1, 0.15) is 16.7 Å². The van der Waals surface area contributed by atoms with Crippen molar-refractivity contribution in [1.82, 2.24) is 15.0 Å². The van der Waals surface area contributed by atoms with Gasteiger partial charge in [-0.05, 0) is 42.0 Å². The van der Waals surface area contributed by atoms with Gasteiger partial charge in [0.15, 0.2) is 0 Å². The topological polar surface area (TPSA) is 184 Å². The van der Waals surface area contributed by atoms with Gasteiger partial charge in [-0.15, -0.1) is 0 Å². The van der Waals surface area contributed by atoms with Crippen molar-refractivity contribution < 1.29 is 39.4 Å². The van der Waals surface area contributed by atoms with Crippen LogP contribution in [0.3, 0.4) is 0 Å². The predicted molar refractivity (Wildman–Crippen MR) is 160 cm³/mol. The number of hydrogen-bond acceptors (Lipinski definition) is 10. The van der Waals surface area contributed by atoms with Gasteiger partial charge in [-0.1, -0.05) is 24.3 Å². The van der Waals surface area contributed by atoms with Gasteiger partial charge in [0, 0.05) is 42.9 Å². The highest BCUT2D eigenvalue weighted by Crippen LogP contribution is 2.35. The fourth-order valence-corrected chi connectivity index (χ4v) is 4.98. The van der Waals surface area contributed by atoms with Gasteiger partial charge in [-0.2, -0.15) is 26.6 Å². The van der Waals surface area contributed by atoms with Crippen LogP contribution in [0.25, 0.3) is 0 Å². The number of carbonyl (C=O) groups is 1. The zero-order chi connectivity index (χ0) is 33.0. The Bertz CT molecular complexity index is 1930. The van der Waals surface area contributed by atoms with E-state index in [9.17, 15) is 34.8 Å². The average molecular weight is 666 g/mol. The first-order valence-corrected chi connectivity index (χ1v) is 16.1. The van der Waals surface area contributed by atoms with E-state index in [1.165, 1.54) is 25.4 Å². The quantitative estimate of drug-likeness (QED) is 0.199. The lowest BCUT2D eigenvalue weighted by Gasteiger charge is -2.20. The molecule has 4 N–H and O–H groups in total. The molecule has 0 atom stereocenters. The molecule has 0 saturated heterocycles. The molecule has 1 amide bonds. The first-order valence-electron chi connectivity index (χ1n) is 12.8. The second-order valence-electron chi connectivity index (χ2n) is 9.53. The number of aromatic nitrogens is 3. The SMILES string of the molecule is CN(c1ncccc1CNc1nc(Nc2ccc3c(c2)CC(=O)N3)ncc1C(F)(F)F)S(C)(=O)=O.O=S(=O)(O)c1ccccc1. The molecule has 13 nitrogen and oxygen atoms in total. The zero-order valence-corrected chi connectivity index (χ0v) is 25.2. The van der Waals surface area contributed by atoms with Crippen molar-refractivity contribution >= 4 is 55.0 Å². The number of anilines is 5. The molecule has 0 bridgehead atoms. The number of alkyl halides is 3. The molecule has 0 fully saturated rings. The highest BCUT2D eigenvalue weighted by atomic mass is 32.2. The van der Waals surface area contributed by atoms with E-state index in [2.05, 4.69) is 30.9 Å². The summed E-state index contributed by atoms with van der Waals surface area (Å²) >= 11 is 0. The molecule has 0 saturated carbocycles. The number of hydrogen-bond donors (Lipinski definition) is 4. The highest BCUT2D eigenvalue weighted by Gasteiger charge is 2.35. The maximum atomic E-state index is 13.6. The summed E-state index contributed by atoms with van der Waals surface area (Å²) in [5, 5.41) is 8.17. The first-order chi connectivity index (χ1) is 21.0. The third-order valence-corrected chi connectivity index (χ3v) is 8.27. The van der Waals surface area contributed by atoms with Crippen LogP contribution in [0.15, 0.2) is 78.0 Å². The van der Waals surface area contributed by atoms with Crippen molar-refractivity contribution in [3.63, 3.8) is 0 Å². The maximum absolute atomic E-state index is 13.6. The Hall–Kier alpha value is -4.81. The van der Waals surface area contributed by atoms with Gasteiger partial charge < -0.3 is 16.0 Å². The molecule has 1 aliphatic heterocycles. The highest BCUT2D eigenvalue weighted by molar-refractivity contribution is 7.92. The Balaban J connectivity index is 0.000000392. The molecule has 0 unspecified atom stereocenters. The Morgan fingerprint density at radius 1 is 1.02 bits per heavy atom. The number of nitrogens with zero attached hydrogens (tertiary/aromatic N) is 4. The monoisotopic (exact) mass is 665 g/mol. The van der Waals surface area contributed by atoms with E-state index in [4.69, 9.17) is 4.55 Å². The van der Waals surface area contributed by atoms with Crippen molar-refractivity contribution in [2.24, 2.45) is 0 Å². The molecule has 2 aromatic carbocycles. The number of amides is 1. The molecule has 0 spiro atoms. The minimum Gasteiger partial charge on any atom is -0.365 e. The Morgan fingerprint density at radius 2 is 1.73 bits per heavy atom. The number of carbonyl (C=O) groups excluding carboxylic acids is 1. The standard InChI is InChI=1S/C21H20F3N7O3S.C6H6O3S/c1-31(35(2,33)34)19-12(4-3-7-25-19)10-26-18-15(21(22,23)24)11-27-20(30-18)28-14-5-6-16-13(8-14)9-17(32)29-16;7-10(8,9)6-4-2-1-3-5-6/h3-8,11H,9-10H2,1-2H3,(H,29,32)(H2,26,27,28,30);1-5H,(H,7,8,9). The van der Waals surface area contributed by atoms with Crippen LogP contribution in [0, 0.1) is 0 Å². The third kappa shape index (κ3) is 8.64. The average Bonchev–Trinajstić information content (AvgIpc) is 3.34. The van der Waals surface area contributed by atoms with Crippen LogP contribution in [0.2, 0.25) is 0 Å². The molecule has 45 heavy (non-hydrogen) atoms. The number of nitrogens with one attached hydrogen (secondary N) is 3. The Kier molecular flexibility index (Phi) is 9.59. The normalized spacial score (nSPS) is 12.8. The van der Waals surface area contributed by atoms with Gasteiger partial charge in [0.05, 0.1) is 17.6 Å². The second-order valence-corrected chi connectivity index (χ2v) is 13.0.